The van der Waals surface area contributed by atoms with Crippen LogP contribution < -0.4 is 10.2 Å². The van der Waals surface area contributed by atoms with Gasteiger partial charge in [0.2, 0.25) is 21.9 Å². The summed E-state index contributed by atoms with van der Waals surface area (Å²) < 4.78 is 46.4. The normalized spacial score (nSPS) is 21.3. The molecule has 44 heavy (non-hydrogen) atoms. The maximum atomic E-state index is 14.6. The van der Waals surface area contributed by atoms with Gasteiger partial charge in [-0.1, -0.05) is 11.6 Å². The lowest BCUT2D eigenvalue weighted by Gasteiger charge is -2.41. The lowest BCUT2D eigenvalue weighted by Crippen LogP contribution is -2.56. The van der Waals surface area contributed by atoms with Crippen molar-refractivity contribution in [2.24, 2.45) is 0 Å². The number of likely N-dealkylation sites (N-methyl/N-ethyl adjacent to an activating group) is 1. The van der Waals surface area contributed by atoms with E-state index in [0.717, 1.165) is 24.8 Å². The van der Waals surface area contributed by atoms with Gasteiger partial charge in [-0.15, -0.1) is 5.10 Å². The average molecular weight is 643 g/mol. The van der Waals surface area contributed by atoms with E-state index in [0.29, 0.717) is 56.3 Å². The number of sulfonamides is 1. The lowest BCUT2D eigenvalue weighted by molar-refractivity contribution is -0.133. The Morgan fingerprint density at radius 1 is 1.11 bits per heavy atom. The number of piperazine rings is 2. The second kappa shape index (κ2) is 11.3. The monoisotopic (exact) mass is 642 g/mol. The van der Waals surface area contributed by atoms with Gasteiger partial charge in [-0.2, -0.15) is 14.4 Å². The number of carbonyl (C=O) groups is 1. The minimum Gasteiger partial charge on any atom is -0.365 e. The number of nitrogens with one attached hydrogen (secondary N) is 1. The van der Waals surface area contributed by atoms with E-state index in [1.807, 2.05) is 24.1 Å². The molecule has 7 rings (SSSR count). The van der Waals surface area contributed by atoms with Crippen LogP contribution in [0.5, 0.6) is 0 Å². The predicted molar refractivity (Wildman–Crippen MR) is 162 cm³/mol. The molecule has 16 heteroatoms. The van der Waals surface area contributed by atoms with Crippen LogP contribution in [0, 0.1) is 5.82 Å². The predicted octanol–water partition coefficient (Wildman–Crippen LogP) is 2.28. The van der Waals surface area contributed by atoms with Crippen LogP contribution in [0.1, 0.15) is 12.8 Å². The zero-order valence-electron chi connectivity index (χ0n) is 24.1. The summed E-state index contributed by atoms with van der Waals surface area (Å²) in [6.45, 7) is 4.17. The Hall–Kier alpha value is -3.79. The topological polar surface area (TPSA) is 124 Å². The van der Waals surface area contributed by atoms with E-state index in [4.69, 9.17) is 16.6 Å². The van der Waals surface area contributed by atoms with E-state index in [1.54, 1.807) is 27.8 Å². The van der Waals surface area contributed by atoms with Crippen molar-refractivity contribution in [1.82, 2.24) is 38.5 Å². The van der Waals surface area contributed by atoms with Crippen molar-refractivity contribution in [3.63, 3.8) is 0 Å². The molecular weight excluding hydrogens is 611 g/mol. The molecule has 3 aliphatic heterocycles. The zero-order valence-corrected chi connectivity index (χ0v) is 25.6. The molecule has 1 aromatic carbocycles. The summed E-state index contributed by atoms with van der Waals surface area (Å²) in [7, 11) is -1.99. The third kappa shape index (κ3) is 5.38. The number of pyridine rings is 1. The molecule has 232 valence electrons. The molecule has 0 spiro atoms. The SMILES string of the molecule is CN1CCN(C(=O)Cn2cc(Nc3nc4c(N5CC6CCC(C5)N6S(=O)(=O)c5ccc(Cl)cc5F)cccn4n3)cn2)CC1. The second-order valence-electron chi connectivity index (χ2n) is 11.5. The number of benzene rings is 1. The molecule has 2 unspecified atom stereocenters. The third-order valence-corrected chi connectivity index (χ3v) is 10.9. The van der Waals surface area contributed by atoms with Gasteiger partial charge in [0.1, 0.15) is 17.3 Å². The fraction of sp³-hybridized carbons (Fsp3) is 0.429. The van der Waals surface area contributed by atoms with E-state index < -0.39 is 15.8 Å². The molecule has 0 radical (unpaired) electrons. The maximum Gasteiger partial charge on any atom is 0.247 e. The Morgan fingerprint density at radius 2 is 1.86 bits per heavy atom. The molecule has 0 aliphatic carbocycles. The summed E-state index contributed by atoms with van der Waals surface area (Å²) in [5, 5.41) is 12.2. The maximum absolute atomic E-state index is 14.6. The Kier molecular flexibility index (Phi) is 7.43. The highest BCUT2D eigenvalue weighted by molar-refractivity contribution is 7.89. The molecule has 13 nitrogen and oxygen atoms in total. The lowest BCUT2D eigenvalue weighted by atomic mass is 10.2. The summed E-state index contributed by atoms with van der Waals surface area (Å²) in [5.41, 5.74) is 2.10. The first-order valence-electron chi connectivity index (χ1n) is 14.5. The highest BCUT2D eigenvalue weighted by Gasteiger charge is 2.47. The summed E-state index contributed by atoms with van der Waals surface area (Å²) >= 11 is 5.86. The van der Waals surface area contributed by atoms with Crippen molar-refractivity contribution in [3.8, 4) is 0 Å². The number of amides is 1. The van der Waals surface area contributed by atoms with E-state index in [2.05, 4.69) is 25.3 Å². The first-order valence-corrected chi connectivity index (χ1v) is 16.3. The molecule has 1 N–H and O–H groups in total. The number of halogens is 2. The Labute approximate surface area is 258 Å². The molecule has 2 bridgehead atoms. The van der Waals surface area contributed by atoms with Gasteiger partial charge >= 0.3 is 0 Å². The standard InChI is InChI=1S/C28H32ClFN10O3S/c1-35-9-11-36(12-10-35)26(41)18-38-15-20(14-31-38)32-28-33-27-24(3-2-8-39(27)34-28)37-16-21-5-6-22(17-37)40(21)44(42,43)25-7-4-19(29)13-23(25)30/h2-4,7-8,13-15,21-22H,5-6,9-12,16-18H2,1H3,(H,32,34). The molecule has 3 aliphatic rings. The number of hydrogen-bond acceptors (Lipinski definition) is 9. The Morgan fingerprint density at radius 3 is 2.59 bits per heavy atom. The number of rotatable bonds is 7. The van der Waals surface area contributed by atoms with Crippen molar-refractivity contribution in [2.45, 2.75) is 36.4 Å². The highest BCUT2D eigenvalue weighted by atomic mass is 35.5. The van der Waals surface area contributed by atoms with Crippen molar-refractivity contribution >= 4 is 50.5 Å². The van der Waals surface area contributed by atoms with E-state index in [-0.39, 0.29) is 34.5 Å². The van der Waals surface area contributed by atoms with Crippen LogP contribution in [0.3, 0.4) is 0 Å². The van der Waals surface area contributed by atoms with Crippen LogP contribution >= 0.6 is 11.6 Å². The summed E-state index contributed by atoms with van der Waals surface area (Å²) in [5.74, 6) is -0.451. The van der Waals surface area contributed by atoms with E-state index >= 15 is 0 Å². The number of carbonyl (C=O) groups excluding carboxylic acids is 1. The van der Waals surface area contributed by atoms with Crippen LogP contribution in [-0.4, -0.2) is 111 Å². The third-order valence-electron chi connectivity index (χ3n) is 8.59. The molecule has 1 amide bonds. The van der Waals surface area contributed by atoms with Gasteiger partial charge in [-0.3, -0.25) is 9.48 Å². The van der Waals surface area contributed by atoms with Gasteiger partial charge in [-0.05, 0) is 50.2 Å². The molecule has 3 saturated heterocycles. The van der Waals surface area contributed by atoms with Crippen molar-refractivity contribution < 1.29 is 17.6 Å². The van der Waals surface area contributed by atoms with Crippen LogP contribution in [0.2, 0.25) is 5.02 Å². The van der Waals surface area contributed by atoms with Crippen LogP contribution in [-0.2, 0) is 21.4 Å². The van der Waals surface area contributed by atoms with Gasteiger partial charge in [-0.25, -0.2) is 17.3 Å². The smallest absolute Gasteiger partial charge is 0.247 e. The van der Waals surface area contributed by atoms with E-state index in [1.165, 1.54) is 16.4 Å². The molecule has 4 aromatic rings. The van der Waals surface area contributed by atoms with Gasteiger partial charge in [0.25, 0.3) is 0 Å². The molecule has 3 aromatic heterocycles. The van der Waals surface area contributed by atoms with Crippen LogP contribution in [0.4, 0.5) is 21.7 Å². The minimum atomic E-state index is -4.04. The van der Waals surface area contributed by atoms with E-state index in [9.17, 15) is 17.6 Å². The van der Waals surface area contributed by atoms with Gasteiger partial charge in [0, 0.05) is 68.8 Å². The van der Waals surface area contributed by atoms with Crippen molar-refractivity contribution in [2.75, 3.05) is 56.5 Å². The highest BCUT2D eigenvalue weighted by Crippen LogP contribution is 2.38. The van der Waals surface area contributed by atoms with Gasteiger partial charge < -0.3 is 20.0 Å². The van der Waals surface area contributed by atoms with Gasteiger partial charge in [0.05, 0.1) is 17.6 Å². The zero-order chi connectivity index (χ0) is 30.6. The second-order valence-corrected chi connectivity index (χ2v) is 13.8. The number of anilines is 3. The fourth-order valence-corrected chi connectivity index (χ4v) is 8.44. The van der Waals surface area contributed by atoms with Crippen molar-refractivity contribution in [1.29, 1.82) is 0 Å². The van der Waals surface area contributed by atoms with Crippen LogP contribution in [0.25, 0.3) is 5.65 Å². The summed E-state index contributed by atoms with van der Waals surface area (Å²) in [6.07, 6.45) is 6.54. The first-order chi connectivity index (χ1) is 21.2. The summed E-state index contributed by atoms with van der Waals surface area (Å²) in [6, 6.07) is 6.85. The van der Waals surface area contributed by atoms with Crippen LogP contribution in [0.15, 0.2) is 53.8 Å². The molecule has 6 heterocycles. The quantitative estimate of drug-likeness (QED) is 0.323. The minimum absolute atomic E-state index is 0.0309. The fourth-order valence-electron chi connectivity index (χ4n) is 6.38. The molecule has 2 atom stereocenters. The summed E-state index contributed by atoms with van der Waals surface area (Å²) in [4.78, 5) is 23.3. The first kappa shape index (κ1) is 29.0. The average Bonchev–Trinajstić information content (AvgIpc) is 3.68. The number of fused-ring (bicyclic) bond motifs is 3. The van der Waals surface area contributed by atoms with Crippen molar-refractivity contribution in [3.05, 3.63) is 59.8 Å². The number of aromatic nitrogens is 5. The Balaban J connectivity index is 1.06. The largest absolute Gasteiger partial charge is 0.365 e. The van der Waals surface area contributed by atoms with Gasteiger partial charge in [0.15, 0.2) is 5.65 Å². The number of nitrogens with zero attached hydrogens (tertiary/aromatic N) is 9. The molecule has 0 saturated carbocycles. The molecule has 3 fully saturated rings. The Bertz CT molecular complexity index is 1810. The molecular formula is C28H32ClFN10O3S. The number of hydrogen-bond donors (Lipinski definition) is 1.